The van der Waals surface area contributed by atoms with Gasteiger partial charge in [0.1, 0.15) is 0 Å². The van der Waals surface area contributed by atoms with Gasteiger partial charge in [0.2, 0.25) is 23.4 Å². The predicted octanol–water partition coefficient (Wildman–Crippen LogP) is 3.32. The topological polar surface area (TPSA) is 160 Å². The average Bonchev–Trinajstić information content (AvgIpc) is 3.66. The van der Waals surface area contributed by atoms with Gasteiger partial charge < -0.3 is 28.4 Å². The lowest BCUT2D eigenvalue weighted by Crippen LogP contribution is -2.01. The fourth-order valence-corrected chi connectivity index (χ4v) is 3.25. The smallest absolute Gasteiger partial charge is 0.306 e. The van der Waals surface area contributed by atoms with Crippen molar-refractivity contribution in [1.82, 2.24) is 20.3 Å². The Bertz CT molecular complexity index is 1320. The SMILES string of the molecule is COC(=O)CCc1nc(-c2ccc(CO)cc2)no1.COCc1ccc(-c2noc(CCC(=O)OC)n2)cc1. The largest absolute Gasteiger partial charge is 0.469 e. The van der Waals surface area contributed by atoms with Crippen molar-refractivity contribution >= 4 is 11.9 Å². The van der Waals surface area contributed by atoms with Crippen LogP contribution in [0.2, 0.25) is 0 Å². The summed E-state index contributed by atoms with van der Waals surface area (Å²) in [6.45, 7) is 0.563. The maximum absolute atomic E-state index is 11.0. The summed E-state index contributed by atoms with van der Waals surface area (Å²) in [6, 6.07) is 14.9. The van der Waals surface area contributed by atoms with E-state index in [1.807, 2.05) is 24.3 Å². The number of aliphatic hydroxyl groups excluding tert-OH is 1. The molecule has 1 N–H and O–H groups in total. The molecule has 2 heterocycles. The number of hydrogen-bond donors (Lipinski definition) is 1. The molecule has 0 unspecified atom stereocenters. The zero-order chi connectivity index (χ0) is 28.0. The van der Waals surface area contributed by atoms with Crippen LogP contribution in [0.5, 0.6) is 0 Å². The van der Waals surface area contributed by atoms with Gasteiger partial charge in [0, 0.05) is 31.1 Å². The van der Waals surface area contributed by atoms with Gasteiger partial charge >= 0.3 is 11.9 Å². The van der Waals surface area contributed by atoms with Gasteiger partial charge in [-0.2, -0.15) is 9.97 Å². The Morgan fingerprint density at radius 2 is 1.15 bits per heavy atom. The van der Waals surface area contributed by atoms with Crippen LogP contribution in [0.25, 0.3) is 22.8 Å². The van der Waals surface area contributed by atoms with Gasteiger partial charge in [-0.15, -0.1) is 0 Å². The van der Waals surface area contributed by atoms with Gasteiger partial charge in [-0.1, -0.05) is 58.8 Å². The Morgan fingerprint density at radius 1 is 0.718 bits per heavy atom. The number of esters is 2. The van der Waals surface area contributed by atoms with Gasteiger partial charge in [-0.3, -0.25) is 9.59 Å². The number of nitrogens with zero attached hydrogens (tertiary/aromatic N) is 4. The summed E-state index contributed by atoms with van der Waals surface area (Å²) in [7, 11) is 4.34. The van der Waals surface area contributed by atoms with Crippen LogP contribution in [0, 0.1) is 0 Å². The van der Waals surface area contributed by atoms with Crippen LogP contribution >= 0.6 is 0 Å². The monoisotopic (exact) mass is 538 g/mol. The van der Waals surface area contributed by atoms with E-state index in [0.29, 0.717) is 42.9 Å². The third-order valence-electron chi connectivity index (χ3n) is 5.40. The number of methoxy groups -OCH3 is 3. The van der Waals surface area contributed by atoms with Gasteiger partial charge in [0.05, 0.1) is 40.3 Å². The van der Waals surface area contributed by atoms with Crippen LogP contribution in [-0.4, -0.2) is 58.7 Å². The molecular formula is C27H30N4O8. The normalized spacial score (nSPS) is 10.5. The van der Waals surface area contributed by atoms with E-state index >= 15 is 0 Å². The summed E-state index contributed by atoms with van der Waals surface area (Å²) in [5, 5.41) is 16.7. The van der Waals surface area contributed by atoms with E-state index in [0.717, 1.165) is 22.3 Å². The molecule has 0 aliphatic carbocycles. The molecule has 0 fully saturated rings. The van der Waals surface area contributed by atoms with E-state index in [1.165, 1.54) is 14.2 Å². The molecule has 0 amide bonds. The summed E-state index contributed by atoms with van der Waals surface area (Å²) in [6.07, 6.45) is 1.17. The molecule has 2 aromatic carbocycles. The molecule has 0 bridgehead atoms. The van der Waals surface area contributed by atoms with Crippen molar-refractivity contribution in [3.63, 3.8) is 0 Å². The molecule has 206 valence electrons. The van der Waals surface area contributed by atoms with Crippen molar-refractivity contribution in [1.29, 1.82) is 0 Å². The molecule has 0 aliphatic rings. The summed E-state index contributed by atoms with van der Waals surface area (Å²) in [5.41, 5.74) is 3.55. The third-order valence-corrected chi connectivity index (χ3v) is 5.40. The number of carbonyl (C=O) groups is 2. The van der Waals surface area contributed by atoms with Gasteiger partial charge in [0.15, 0.2) is 0 Å². The molecule has 12 nitrogen and oxygen atoms in total. The second-order valence-corrected chi connectivity index (χ2v) is 8.16. The molecule has 12 heteroatoms. The number of ether oxygens (including phenoxy) is 3. The first kappa shape index (κ1) is 29.1. The van der Waals surface area contributed by atoms with Crippen molar-refractivity contribution in [2.75, 3.05) is 21.3 Å². The summed E-state index contributed by atoms with van der Waals surface area (Å²) in [5.74, 6) is 1.18. The zero-order valence-corrected chi connectivity index (χ0v) is 22.0. The summed E-state index contributed by atoms with van der Waals surface area (Å²) in [4.78, 5) is 30.5. The number of benzene rings is 2. The Labute approximate surface area is 224 Å². The van der Waals surface area contributed by atoms with E-state index in [9.17, 15) is 9.59 Å². The molecule has 0 spiro atoms. The first-order chi connectivity index (χ1) is 18.9. The number of aliphatic hydroxyl groups is 1. The third kappa shape index (κ3) is 9.13. The Morgan fingerprint density at radius 3 is 1.54 bits per heavy atom. The van der Waals surface area contributed by atoms with E-state index < -0.39 is 0 Å². The molecule has 0 saturated carbocycles. The second kappa shape index (κ2) is 15.1. The first-order valence-corrected chi connectivity index (χ1v) is 12.0. The molecular weight excluding hydrogens is 508 g/mol. The minimum atomic E-state index is -0.313. The number of carbonyl (C=O) groups excluding carboxylic acids is 2. The fourth-order valence-electron chi connectivity index (χ4n) is 3.25. The minimum Gasteiger partial charge on any atom is -0.469 e. The van der Waals surface area contributed by atoms with Gasteiger partial charge in [0.25, 0.3) is 0 Å². The predicted molar refractivity (Wildman–Crippen MR) is 137 cm³/mol. The fraction of sp³-hybridized carbons (Fsp3) is 0.333. The number of aromatic nitrogens is 4. The standard InChI is InChI=1S/C14H16N2O4.C13H14N2O4/c1-18-9-10-3-5-11(6-4-10)14-15-12(20-16-14)7-8-13(17)19-2;1-18-12(17)7-6-11-14-13(15-19-11)10-4-2-9(8-16)3-5-10/h3-6H,7-9H2,1-2H3;2-5,16H,6-8H2,1H3. The molecule has 0 radical (unpaired) electrons. The van der Waals surface area contributed by atoms with Crippen molar-refractivity contribution in [2.24, 2.45) is 0 Å². The second-order valence-electron chi connectivity index (χ2n) is 8.16. The highest BCUT2D eigenvalue weighted by atomic mass is 16.5. The van der Waals surface area contributed by atoms with E-state index in [2.05, 4.69) is 29.8 Å². The lowest BCUT2D eigenvalue weighted by Gasteiger charge is -1.99. The Balaban J connectivity index is 0.000000216. The van der Waals surface area contributed by atoms with E-state index in [4.69, 9.17) is 18.9 Å². The van der Waals surface area contributed by atoms with Crippen molar-refractivity contribution in [3.8, 4) is 22.8 Å². The van der Waals surface area contributed by atoms with Crippen LogP contribution in [0.3, 0.4) is 0 Å². The maximum atomic E-state index is 11.0. The van der Waals surface area contributed by atoms with Crippen LogP contribution in [0.15, 0.2) is 57.6 Å². The summed E-state index contributed by atoms with van der Waals surface area (Å²) >= 11 is 0. The molecule has 2 aromatic heterocycles. The highest BCUT2D eigenvalue weighted by Gasteiger charge is 2.12. The van der Waals surface area contributed by atoms with Crippen molar-refractivity contribution in [3.05, 3.63) is 71.4 Å². The van der Waals surface area contributed by atoms with Crippen LogP contribution in [0.1, 0.15) is 35.7 Å². The summed E-state index contributed by atoms with van der Waals surface area (Å²) < 4.78 is 24.3. The van der Waals surface area contributed by atoms with Crippen LogP contribution < -0.4 is 0 Å². The van der Waals surface area contributed by atoms with Crippen molar-refractivity contribution in [2.45, 2.75) is 38.9 Å². The van der Waals surface area contributed by atoms with Gasteiger partial charge in [-0.05, 0) is 11.1 Å². The molecule has 39 heavy (non-hydrogen) atoms. The lowest BCUT2D eigenvalue weighted by atomic mass is 10.1. The Kier molecular flexibility index (Phi) is 11.3. The number of aryl methyl sites for hydroxylation is 2. The molecule has 0 saturated heterocycles. The molecule has 0 aliphatic heterocycles. The molecule has 4 aromatic rings. The molecule has 4 rings (SSSR count). The molecule has 0 atom stereocenters. The lowest BCUT2D eigenvalue weighted by molar-refractivity contribution is -0.141. The quantitative estimate of drug-likeness (QED) is 0.278. The highest BCUT2D eigenvalue weighted by Crippen LogP contribution is 2.18. The van der Waals surface area contributed by atoms with E-state index in [-0.39, 0.29) is 31.4 Å². The Hall–Kier alpha value is -4.42. The zero-order valence-electron chi connectivity index (χ0n) is 22.0. The van der Waals surface area contributed by atoms with Crippen LogP contribution in [0.4, 0.5) is 0 Å². The number of rotatable bonds is 11. The van der Waals surface area contributed by atoms with Crippen LogP contribution in [-0.2, 0) is 49.9 Å². The number of hydrogen-bond acceptors (Lipinski definition) is 12. The van der Waals surface area contributed by atoms with E-state index in [1.54, 1.807) is 31.4 Å². The maximum Gasteiger partial charge on any atom is 0.306 e. The first-order valence-electron chi connectivity index (χ1n) is 12.0. The highest BCUT2D eigenvalue weighted by molar-refractivity contribution is 5.69. The van der Waals surface area contributed by atoms with Crippen molar-refractivity contribution < 1.29 is 38.0 Å². The van der Waals surface area contributed by atoms with Gasteiger partial charge in [-0.25, -0.2) is 0 Å². The average molecular weight is 539 g/mol. The minimum absolute atomic E-state index is 0.00307.